The Morgan fingerprint density at radius 1 is 0.608 bits per heavy atom. The van der Waals surface area contributed by atoms with Gasteiger partial charge in [-0.05, 0) is 41.3 Å². The number of H-pyrrole nitrogens is 1. The second-order valence-corrected chi connectivity index (χ2v) is 11.5. The Kier molecular flexibility index (Phi) is 12.9. The Morgan fingerprint density at radius 2 is 1.20 bits per heavy atom. The maximum atomic E-state index is 13.3. The van der Waals surface area contributed by atoms with E-state index in [2.05, 4.69) is 15.6 Å². The van der Waals surface area contributed by atoms with Crippen LogP contribution in [-0.2, 0) is 53.0 Å². The van der Waals surface area contributed by atoms with Gasteiger partial charge in [-0.3, -0.25) is 4.79 Å². The Labute approximate surface area is 294 Å². The SMILES string of the molecule is O=C(CC[C@@H](NC(=O)OCc1ccccc1)C(=O)OCc1ccccc1)N[C@H](Cc1c[nH]c2ccccc12)C(=O)OCOC(=O)c1ccccc1. The summed E-state index contributed by atoms with van der Waals surface area (Å²) in [6.07, 6.45) is 0.477. The molecule has 262 valence electrons. The second kappa shape index (κ2) is 18.4. The van der Waals surface area contributed by atoms with Gasteiger partial charge < -0.3 is 34.6 Å². The Hall–Kier alpha value is -6.43. The van der Waals surface area contributed by atoms with Crippen LogP contribution in [0.4, 0.5) is 4.79 Å². The quantitative estimate of drug-likeness (QED) is 0.0702. The van der Waals surface area contributed by atoms with Gasteiger partial charge in [0.15, 0.2) is 0 Å². The third-order valence-corrected chi connectivity index (χ3v) is 7.79. The van der Waals surface area contributed by atoms with Gasteiger partial charge in [0.1, 0.15) is 25.3 Å². The number of nitrogens with one attached hydrogen (secondary N) is 3. The minimum Gasteiger partial charge on any atom is -0.459 e. The van der Waals surface area contributed by atoms with Gasteiger partial charge in [0.25, 0.3) is 0 Å². The normalized spacial score (nSPS) is 11.8. The van der Waals surface area contributed by atoms with Crippen LogP contribution in [-0.4, -0.2) is 53.8 Å². The van der Waals surface area contributed by atoms with Crippen molar-refractivity contribution in [2.24, 2.45) is 0 Å². The highest BCUT2D eigenvalue weighted by Crippen LogP contribution is 2.20. The molecule has 1 aromatic heterocycles. The van der Waals surface area contributed by atoms with Gasteiger partial charge >= 0.3 is 24.0 Å². The average molecular weight is 692 g/mol. The van der Waals surface area contributed by atoms with Gasteiger partial charge in [0.05, 0.1) is 5.56 Å². The number of alkyl carbamates (subject to hydrolysis) is 1. The molecule has 0 aliphatic carbocycles. The Morgan fingerprint density at radius 3 is 1.88 bits per heavy atom. The fraction of sp³-hybridized carbons (Fsp3) is 0.205. The van der Waals surface area contributed by atoms with Crippen LogP contribution in [0, 0.1) is 0 Å². The summed E-state index contributed by atoms with van der Waals surface area (Å²) in [5.41, 5.74) is 3.34. The van der Waals surface area contributed by atoms with E-state index < -0.39 is 48.8 Å². The van der Waals surface area contributed by atoms with Crippen molar-refractivity contribution in [3.63, 3.8) is 0 Å². The van der Waals surface area contributed by atoms with Crippen LogP contribution in [0.5, 0.6) is 0 Å². The van der Waals surface area contributed by atoms with Crippen LogP contribution >= 0.6 is 0 Å². The van der Waals surface area contributed by atoms with Crippen molar-refractivity contribution in [2.75, 3.05) is 6.79 Å². The van der Waals surface area contributed by atoms with E-state index in [1.807, 2.05) is 36.4 Å². The lowest BCUT2D eigenvalue weighted by Crippen LogP contribution is -2.45. The van der Waals surface area contributed by atoms with Crippen molar-refractivity contribution < 1.29 is 42.9 Å². The number of aromatic amines is 1. The monoisotopic (exact) mass is 691 g/mol. The zero-order chi connectivity index (χ0) is 35.8. The van der Waals surface area contributed by atoms with Crippen LogP contribution in [0.1, 0.15) is 39.9 Å². The summed E-state index contributed by atoms with van der Waals surface area (Å²) in [4.78, 5) is 67.9. The smallest absolute Gasteiger partial charge is 0.408 e. The molecule has 0 spiro atoms. The first kappa shape index (κ1) is 35.9. The summed E-state index contributed by atoms with van der Waals surface area (Å²) in [5.74, 6) is -2.88. The van der Waals surface area contributed by atoms with Crippen molar-refractivity contribution in [3.05, 3.63) is 144 Å². The average Bonchev–Trinajstić information content (AvgIpc) is 3.58. The summed E-state index contributed by atoms with van der Waals surface area (Å²) in [7, 11) is 0. The number of rotatable bonds is 16. The number of esters is 3. The molecule has 2 amide bonds. The number of para-hydroxylation sites is 1. The fourth-order valence-corrected chi connectivity index (χ4v) is 5.14. The molecule has 5 aromatic rings. The highest BCUT2D eigenvalue weighted by Gasteiger charge is 2.28. The number of hydrogen-bond acceptors (Lipinski definition) is 9. The molecule has 0 aliphatic heterocycles. The predicted molar refractivity (Wildman–Crippen MR) is 186 cm³/mol. The molecule has 12 heteroatoms. The van der Waals surface area contributed by atoms with E-state index in [0.29, 0.717) is 0 Å². The summed E-state index contributed by atoms with van der Waals surface area (Å²) >= 11 is 0. The third kappa shape index (κ3) is 11.0. The first-order valence-electron chi connectivity index (χ1n) is 16.3. The van der Waals surface area contributed by atoms with Crippen molar-refractivity contribution >= 4 is 40.8 Å². The lowest BCUT2D eigenvalue weighted by atomic mass is 10.0. The molecular formula is C39H37N3O9. The first-order chi connectivity index (χ1) is 24.9. The molecule has 12 nitrogen and oxygen atoms in total. The molecule has 2 atom stereocenters. The maximum absolute atomic E-state index is 13.3. The first-order valence-corrected chi connectivity index (χ1v) is 16.3. The number of benzene rings is 4. The van der Waals surface area contributed by atoms with Crippen molar-refractivity contribution in [1.82, 2.24) is 15.6 Å². The highest BCUT2D eigenvalue weighted by atomic mass is 16.7. The molecule has 0 fully saturated rings. The Bertz CT molecular complexity index is 1910. The number of hydrogen-bond donors (Lipinski definition) is 3. The molecule has 1 heterocycles. The van der Waals surface area contributed by atoms with Crippen LogP contribution < -0.4 is 10.6 Å². The van der Waals surface area contributed by atoms with Gasteiger partial charge in [-0.2, -0.15) is 0 Å². The van der Waals surface area contributed by atoms with Crippen LogP contribution in [0.2, 0.25) is 0 Å². The second-order valence-electron chi connectivity index (χ2n) is 11.5. The maximum Gasteiger partial charge on any atom is 0.408 e. The number of fused-ring (bicyclic) bond motifs is 1. The lowest BCUT2D eigenvalue weighted by molar-refractivity contribution is -0.156. The number of amides is 2. The standard InChI is InChI=1S/C39H37N3O9/c43-35(21-20-33(37(45)48-24-27-12-4-1-5-13-27)42-39(47)49-25-28-14-6-2-7-15-28)41-34(22-30-23-40-32-19-11-10-18-31(30)32)38(46)51-26-50-36(44)29-16-8-3-9-17-29/h1-19,23,33-34,40H,20-22,24-26H2,(H,41,43)(H,42,47)/t33-,34-/m1/s1. The predicted octanol–water partition coefficient (Wildman–Crippen LogP) is 5.37. The number of carbonyl (C=O) groups excluding carboxylic acids is 5. The molecule has 51 heavy (non-hydrogen) atoms. The van der Waals surface area contributed by atoms with E-state index >= 15 is 0 Å². The summed E-state index contributed by atoms with van der Waals surface area (Å²) in [6, 6.07) is 31.3. The van der Waals surface area contributed by atoms with Crippen LogP contribution in [0.25, 0.3) is 10.9 Å². The molecule has 5 rings (SSSR count). The summed E-state index contributed by atoms with van der Waals surface area (Å²) in [6.45, 7) is -0.745. The third-order valence-electron chi connectivity index (χ3n) is 7.79. The molecule has 0 aliphatic rings. The van der Waals surface area contributed by atoms with Gasteiger partial charge in [-0.15, -0.1) is 0 Å². The van der Waals surface area contributed by atoms with Gasteiger partial charge in [-0.25, -0.2) is 19.2 Å². The molecule has 4 aromatic carbocycles. The van der Waals surface area contributed by atoms with Crippen LogP contribution in [0.15, 0.2) is 121 Å². The topological polar surface area (TPSA) is 162 Å². The Balaban J connectivity index is 1.22. The number of aromatic nitrogens is 1. The van der Waals surface area contributed by atoms with E-state index in [-0.39, 0.29) is 38.0 Å². The van der Waals surface area contributed by atoms with Gasteiger partial charge in [0, 0.05) is 29.9 Å². The molecular weight excluding hydrogens is 654 g/mol. The largest absolute Gasteiger partial charge is 0.459 e. The van der Waals surface area contributed by atoms with Crippen molar-refractivity contribution in [1.29, 1.82) is 0 Å². The van der Waals surface area contributed by atoms with E-state index in [0.717, 1.165) is 27.6 Å². The molecule has 0 saturated heterocycles. The number of carbonyl (C=O) groups is 5. The minimum absolute atomic E-state index is 0.0305. The summed E-state index contributed by atoms with van der Waals surface area (Å²) < 4.78 is 21.1. The zero-order valence-corrected chi connectivity index (χ0v) is 27.6. The van der Waals surface area contributed by atoms with E-state index in [4.69, 9.17) is 18.9 Å². The molecule has 0 bridgehead atoms. The van der Waals surface area contributed by atoms with Crippen LogP contribution in [0.3, 0.4) is 0 Å². The molecule has 0 unspecified atom stereocenters. The molecule has 3 N–H and O–H groups in total. The van der Waals surface area contributed by atoms with E-state index in [9.17, 15) is 24.0 Å². The van der Waals surface area contributed by atoms with Gasteiger partial charge in [0.2, 0.25) is 12.7 Å². The minimum atomic E-state index is -1.24. The highest BCUT2D eigenvalue weighted by molar-refractivity contribution is 5.90. The van der Waals surface area contributed by atoms with Crippen molar-refractivity contribution in [2.45, 2.75) is 44.6 Å². The van der Waals surface area contributed by atoms with E-state index in [1.54, 1.807) is 85.1 Å². The van der Waals surface area contributed by atoms with Crippen molar-refractivity contribution in [3.8, 4) is 0 Å². The zero-order valence-electron chi connectivity index (χ0n) is 27.6. The number of ether oxygens (including phenoxy) is 4. The molecule has 0 saturated carbocycles. The molecule has 0 radical (unpaired) electrons. The fourth-order valence-electron chi connectivity index (χ4n) is 5.14. The summed E-state index contributed by atoms with van der Waals surface area (Å²) in [5, 5.41) is 6.03. The van der Waals surface area contributed by atoms with Gasteiger partial charge in [-0.1, -0.05) is 97.1 Å². The van der Waals surface area contributed by atoms with E-state index in [1.165, 1.54) is 0 Å². The lowest BCUT2D eigenvalue weighted by Gasteiger charge is -2.20.